The number of fused-ring (bicyclic) bond motifs is 1. The van der Waals surface area contributed by atoms with Crippen LogP contribution >= 0.6 is 15.9 Å². The highest BCUT2D eigenvalue weighted by Gasteiger charge is 2.18. The maximum Gasteiger partial charge on any atom is 0.291 e. The maximum atomic E-state index is 12.0. The van der Waals surface area contributed by atoms with Crippen LogP contribution in [0.25, 0.3) is 5.78 Å². The number of aromatic nitrogens is 4. The number of carbonyl (C=O) groups excluding carboxylic acids is 1. The predicted molar refractivity (Wildman–Crippen MR) is 71.7 cm³/mol. The zero-order chi connectivity index (χ0) is 14.0. The SMILES string of the molecule is CC(CO)C(C)NC(=O)c1nc2ncc(Br)cn2n1. The van der Waals surface area contributed by atoms with Crippen LogP contribution in [-0.2, 0) is 0 Å². The van der Waals surface area contributed by atoms with Gasteiger partial charge in [-0.15, -0.1) is 5.10 Å². The van der Waals surface area contributed by atoms with Crippen LogP contribution in [0.5, 0.6) is 0 Å². The third kappa shape index (κ3) is 3.07. The lowest BCUT2D eigenvalue weighted by atomic mass is 10.1. The molecule has 0 saturated heterocycles. The highest BCUT2D eigenvalue weighted by Crippen LogP contribution is 2.08. The third-order valence-corrected chi connectivity index (χ3v) is 3.28. The molecule has 19 heavy (non-hydrogen) atoms. The van der Waals surface area contributed by atoms with Gasteiger partial charge < -0.3 is 10.4 Å². The molecular weight excluding hydrogens is 314 g/mol. The fourth-order valence-electron chi connectivity index (χ4n) is 1.43. The Morgan fingerprint density at radius 1 is 1.58 bits per heavy atom. The summed E-state index contributed by atoms with van der Waals surface area (Å²) in [5.41, 5.74) is 0. The molecule has 2 aromatic rings. The minimum absolute atomic E-state index is 0.00848. The van der Waals surface area contributed by atoms with Crippen LogP contribution < -0.4 is 5.32 Å². The van der Waals surface area contributed by atoms with E-state index in [1.807, 2.05) is 13.8 Å². The van der Waals surface area contributed by atoms with Gasteiger partial charge in [-0.05, 0) is 28.8 Å². The number of amides is 1. The minimum atomic E-state index is -0.380. The molecule has 0 spiro atoms. The van der Waals surface area contributed by atoms with Crippen molar-refractivity contribution >= 4 is 27.6 Å². The molecule has 0 aromatic carbocycles. The molecule has 2 N–H and O–H groups in total. The highest BCUT2D eigenvalue weighted by molar-refractivity contribution is 9.10. The van der Waals surface area contributed by atoms with Crippen LogP contribution in [0, 0.1) is 5.92 Å². The number of rotatable bonds is 4. The van der Waals surface area contributed by atoms with E-state index in [4.69, 9.17) is 5.11 Å². The first-order valence-corrected chi connectivity index (χ1v) is 6.60. The van der Waals surface area contributed by atoms with Crippen molar-refractivity contribution < 1.29 is 9.90 Å². The third-order valence-electron chi connectivity index (χ3n) is 2.87. The molecule has 0 aliphatic heterocycles. The monoisotopic (exact) mass is 327 g/mol. The van der Waals surface area contributed by atoms with Gasteiger partial charge in [0.15, 0.2) is 0 Å². The van der Waals surface area contributed by atoms with Crippen LogP contribution in [0.15, 0.2) is 16.9 Å². The van der Waals surface area contributed by atoms with Crippen LogP contribution in [0.2, 0.25) is 0 Å². The largest absolute Gasteiger partial charge is 0.396 e. The molecule has 2 aromatic heterocycles. The molecule has 0 aliphatic rings. The molecule has 0 aliphatic carbocycles. The summed E-state index contributed by atoms with van der Waals surface area (Å²) in [5.74, 6) is 0.00136. The summed E-state index contributed by atoms with van der Waals surface area (Å²) in [7, 11) is 0. The second-order valence-electron chi connectivity index (χ2n) is 4.37. The number of hydrogen-bond donors (Lipinski definition) is 2. The number of nitrogens with zero attached hydrogens (tertiary/aromatic N) is 4. The van der Waals surface area contributed by atoms with Gasteiger partial charge in [0.1, 0.15) is 0 Å². The van der Waals surface area contributed by atoms with E-state index < -0.39 is 0 Å². The number of aliphatic hydroxyl groups is 1. The first kappa shape index (κ1) is 13.9. The molecule has 2 rings (SSSR count). The van der Waals surface area contributed by atoms with Gasteiger partial charge in [0.2, 0.25) is 5.82 Å². The van der Waals surface area contributed by atoms with Crippen LogP contribution in [0.1, 0.15) is 24.5 Å². The number of nitrogens with one attached hydrogen (secondary N) is 1. The van der Waals surface area contributed by atoms with E-state index in [2.05, 4.69) is 36.3 Å². The molecule has 0 radical (unpaired) electrons. The highest BCUT2D eigenvalue weighted by atomic mass is 79.9. The minimum Gasteiger partial charge on any atom is -0.396 e. The van der Waals surface area contributed by atoms with E-state index in [1.165, 1.54) is 4.52 Å². The normalized spacial score (nSPS) is 14.3. The quantitative estimate of drug-likeness (QED) is 0.859. The van der Waals surface area contributed by atoms with Gasteiger partial charge in [-0.25, -0.2) is 9.50 Å². The number of aliphatic hydroxyl groups excluding tert-OH is 1. The molecular formula is C11H14BrN5O2. The Hall–Kier alpha value is -1.54. The Morgan fingerprint density at radius 2 is 2.32 bits per heavy atom. The van der Waals surface area contributed by atoms with Gasteiger partial charge in [0, 0.05) is 25.0 Å². The molecule has 1 amide bonds. The van der Waals surface area contributed by atoms with E-state index in [1.54, 1.807) is 12.4 Å². The van der Waals surface area contributed by atoms with Gasteiger partial charge in [0.05, 0.1) is 4.47 Å². The van der Waals surface area contributed by atoms with Gasteiger partial charge in [-0.2, -0.15) is 4.98 Å². The maximum absolute atomic E-state index is 12.0. The Balaban J connectivity index is 2.17. The molecule has 8 heteroatoms. The Labute approximate surface area is 118 Å². The molecule has 0 fully saturated rings. The van der Waals surface area contributed by atoms with Crippen molar-refractivity contribution in [3.63, 3.8) is 0 Å². The summed E-state index contributed by atoms with van der Waals surface area (Å²) in [5, 5.41) is 15.8. The Kier molecular flexibility index (Phi) is 4.11. The average Bonchev–Trinajstić information content (AvgIpc) is 2.80. The van der Waals surface area contributed by atoms with E-state index >= 15 is 0 Å². The Bertz CT molecular complexity index is 600. The van der Waals surface area contributed by atoms with Crippen molar-refractivity contribution in [2.24, 2.45) is 5.92 Å². The van der Waals surface area contributed by atoms with E-state index in [0.717, 1.165) is 4.47 Å². The zero-order valence-corrected chi connectivity index (χ0v) is 12.1. The lowest BCUT2D eigenvalue weighted by Crippen LogP contribution is -2.38. The molecule has 0 saturated carbocycles. The molecule has 7 nitrogen and oxygen atoms in total. The van der Waals surface area contributed by atoms with Crippen molar-refractivity contribution in [3.05, 3.63) is 22.7 Å². The smallest absolute Gasteiger partial charge is 0.291 e. The van der Waals surface area contributed by atoms with E-state index in [0.29, 0.717) is 5.78 Å². The summed E-state index contributed by atoms with van der Waals surface area (Å²) >= 11 is 3.27. The number of carbonyl (C=O) groups is 1. The lowest BCUT2D eigenvalue weighted by Gasteiger charge is -2.17. The van der Waals surface area contributed by atoms with Crippen molar-refractivity contribution in [3.8, 4) is 0 Å². The average molecular weight is 328 g/mol. The summed E-state index contributed by atoms with van der Waals surface area (Å²) in [6, 6.07) is -0.163. The van der Waals surface area contributed by atoms with Crippen molar-refractivity contribution in [2.75, 3.05) is 6.61 Å². The van der Waals surface area contributed by atoms with Crippen molar-refractivity contribution in [2.45, 2.75) is 19.9 Å². The summed E-state index contributed by atoms with van der Waals surface area (Å²) in [6.45, 7) is 3.68. The lowest BCUT2D eigenvalue weighted by molar-refractivity contribution is 0.0906. The summed E-state index contributed by atoms with van der Waals surface area (Å²) in [6.07, 6.45) is 3.26. The second-order valence-corrected chi connectivity index (χ2v) is 5.29. The summed E-state index contributed by atoms with van der Waals surface area (Å²) in [4.78, 5) is 20.0. The molecule has 2 atom stereocenters. The van der Waals surface area contributed by atoms with Crippen LogP contribution in [0.4, 0.5) is 0 Å². The van der Waals surface area contributed by atoms with Gasteiger partial charge in [-0.3, -0.25) is 4.79 Å². The number of halogens is 1. The Morgan fingerprint density at radius 3 is 3.00 bits per heavy atom. The fraction of sp³-hybridized carbons (Fsp3) is 0.455. The zero-order valence-electron chi connectivity index (χ0n) is 10.5. The summed E-state index contributed by atoms with van der Waals surface area (Å²) < 4.78 is 2.18. The van der Waals surface area contributed by atoms with Crippen LogP contribution in [0.3, 0.4) is 0 Å². The standard InChI is InChI=1S/C11H14BrN5O2/c1-6(5-18)7(2)14-10(19)9-15-11-13-3-8(12)4-17(11)16-9/h3-4,6-7,18H,5H2,1-2H3,(H,14,19). The van der Waals surface area contributed by atoms with E-state index in [9.17, 15) is 4.79 Å². The first-order valence-electron chi connectivity index (χ1n) is 5.81. The van der Waals surface area contributed by atoms with E-state index in [-0.39, 0.29) is 30.3 Å². The molecule has 102 valence electrons. The molecule has 0 bridgehead atoms. The van der Waals surface area contributed by atoms with Crippen molar-refractivity contribution in [1.29, 1.82) is 0 Å². The van der Waals surface area contributed by atoms with Gasteiger partial charge >= 0.3 is 0 Å². The molecule has 2 heterocycles. The topological polar surface area (TPSA) is 92.4 Å². The number of hydrogen-bond acceptors (Lipinski definition) is 5. The second kappa shape index (κ2) is 5.62. The van der Waals surface area contributed by atoms with Gasteiger partial charge in [-0.1, -0.05) is 6.92 Å². The van der Waals surface area contributed by atoms with Crippen molar-refractivity contribution in [1.82, 2.24) is 24.9 Å². The van der Waals surface area contributed by atoms with Crippen LogP contribution in [-0.4, -0.2) is 43.2 Å². The molecule has 2 unspecified atom stereocenters. The van der Waals surface area contributed by atoms with Gasteiger partial charge in [0.25, 0.3) is 11.7 Å². The first-order chi connectivity index (χ1) is 9.01. The fourth-order valence-corrected chi connectivity index (χ4v) is 1.72. The predicted octanol–water partition coefficient (Wildman–Crippen LogP) is 0.633.